The van der Waals surface area contributed by atoms with Gasteiger partial charge in [-0.05, 0) is 49.4 Å². The first-order chi connectivity index (χ1) is 20.4. The maximum absolute atomic E-state index is 11.6. The molecular formula is C29H37Cl2N5O6. The number of hydrogen-bond acceptors (Lipinski definition) is 9. The summed E-state index contributed by atoms with van der Waals surface area (Å²) >= 11 is 11.1. The molecule has 0 aliphatic carbocycles. The molecule has 2 aromatic carbocycles. The van der Waals surface area contributed by atoms with E-state index in [0.29, 0.717) is 43.0 Å². The number of esters is 1. The summed E-state index contributed by atoms with van der Waals surface area (Å²) < 4.78 is 24.4. The standard InChI is InChI=1S/C22H30N4O5.C6H4Cl2.CH3NO/c1-2-28-21(27)13-24-9-11-26(12-10-24)18-3-5-19(6-4-18)29-15-20-16-30-22(31-20)14-25-8-7-23-17-25;7-5-2-1-3-6(8)4-5;2-1-3/h3-8,17,20,22H,2,9-16H2,1H3;1-4H;1H,(H2,2,3). The van der Waals surface area contributed by atoms with Crippen LogP contribution in [0.4, 0.5) is 5.69 Å². The molecule has 5 rings (SSSR count). The number of rotatable bonds is 9. The number of aromatic nitrogens is 2. The van der Waals surface area contributed by atoms with Gasteiger partial charge in [-0.25, -0.2) is 4.98 Å². The van der Waals surface area contributed by atoms with Crippen LogP contribution in [0.5, 0.6) is 5.75 Å². The van der Waals surface area contributed by atoms with E-state index in [1.54, 1.807) is 30.7 Å². The number of carbonyl (C=O) groups is 2. The van der Waals surface area contributed by atoms with Crippen molar-refractivity contribution in [3.63, 3.8) is 0 Å². The van der Waals surface area contributed by atoms with E-state index in [1.165, 1.54) is 0 Å². The predicted molar refractivity (Wildman–Crippen MR) is 161 cm³/mol. The molecular weight excluding hydrogens is 585 g/mol. The Bertz CT molecular complexity index is 1180. The maximum atomic E-state index is 11.6. The average molecular weight is 623 g/mol. The van der Waals surface area contributed by atoms with Crippen molar-refractivity contribution in [3.05, 3.63) is 77.3 Å². The lowest BCUT2D eigenvalue weighted by Gasteiger charge is -2.35. The summed E-state index contributed by atoms with van der Waals surface area (Å²) in [6, 6.07) is 15.2. The second-order valence-electron chi connectivity index (χ2n) is 9.23. The second-order valence-corrected chi connectivity index (χ2v) is 10.1. The van der Waals surface area contributed by atoms with E-state index in [4.69, 9.17) is 46.9 Å². The fourth-order valence-corrected chi connectivity index (χ4v) is 4.65. The molecule has 0 spiro atoms. The highest BCUT2D eigenvalue weighted by molar-refractivity contribution is 6.34. The molecule has 2 fully saturated rings. The van der Waals surface area contributed by atoms with Gasteiger partial charge in [0.25, 0.3) is 0 Å². The Morgan fingerprint density at radius 1 is 1.12 bits per heavy atom. The number of ether oxygens (including phenoxy) is 4. The molecule has 11 nitrogen and oxygen atoms in total. The Kier molecular flexibility index (Phi) is 14.4. The number of primary amides is 1. The molecule has 0 radical (unpaired) electrons. The second kappa shape index (κ2) is 18.2. The summed E-state index contributed by atoms with van der Waals surface area (Å²) in [5.74, 6) is 0.661. The first kappa shape index (κ1) is 33.2. The summed E-state index contributed by atoms with van der Waals surface area (Å²) in [7, 11) is 0. The predicted octanol–water partition coefficient (Wildman–Crippen LogP) is 3.48. The number of hydrogen-bond donors (Lipinski definition) is 1. The molecule has 3 heterocycles. The van der Waals surface area contributed by atoms with Crippen LogP contribution in [-0.4, -0.2) is 91.8 Å². The Morgan fingerprint density at radius 3 is 2.38 bits per heavy atom. The van der Waals surface area contributed by atoms with Gasteiger partial charge in [0.05, 0.1) is 32.6 Å². The first-order valence-corrected chi connectivity index (χ1v) is 14.3. The Balaban J connectivity index is 0.000000372. The van der Waals surface area contributed by atoms with Gasteiger partial charge < -0.3 is 34.1 Å². The molecule has 2 saturated heterocycles. The van der Waals surface area contributed by atoms with Gasteiger partial charge in [-0.1, -0.05) is 29.3 Å². The van der Waals surface area contributed by atoms with Gasteiger partial charge in [0.15, 0.2) is 6.29 Å². The van der Waals surface area contributed by atoms with Gasteiger partial charge in [-0.2, -0.15) is 0 Å². The van der Waals surface area contributed by atoms with E-state index in [2.05, 4.69) is 32.7 Å². The number of benzene rings is 2. The van der Waals surface area contributed by atoms with Crippen molar-refractivity contribution in [2.45, 2.75) is 25.9 Å². The number of amides is 1. The minimum Gasteiger partial charge on any atom is -0.491 e. The van der Waals surface area contributed by atoms with Gasteiger partial charge >= 0.3 is 5.97 Å². The molecule has 2 atom stereocenters. The zero-order chi connectivity index (χ0) is 30.2. The highest BCUT2D eigenvalue weighted by atomic mass is 35.5. The van der Waals surface area contributed by atoms with Gasteiger partial charge in [-0.3, -0.25) is 14.5 Å². The number of carbonyl (C=O) groups excluding carboxylic acids is 2. The monoisotopic (exact) mass is 621 g/mol. The highest BCUT2D eigenvalue weighted by Gasteiger charge is 2.27. The van der Waals surface area contributed by atoms with Gasteiger partial charge in [0.2, 0.25) is 6.41 Å². The van der Waals surface area contributed by atoms with Gasteiger partial charge in [0, 0.05) is 54.3 Å². The molecule has 42 heavy (non-hydrogen) atoms. The van der Waals surface area contributed by atoms with Crippen LogP contribution in [0, 0.1) is 0 Å². The summed E-state index contributed by atoms with van der Waals surface area (Å²) in [4.78, 5) is 28.7. The molecule has 2 N–H and O–H groups in total. The van der Waals surface area contributed by atoms with E-state index >= 15 is 0 Å². The lowest BCUT2D eigenvalue weighted by molar-refractivity contribution is -0.144. The maximum Gasteiger partial charge on any atom is 0.320 e. The summed E-state index contributed by atoms with van der Waals surface area (Å²) in [5.41, 5.74) is 5.32. The third kappa shape index (κ3) is 11.9. The third-order valence-corrected chi connectivity index (χ3v) is 6.66. The van der Waals surface area contributed by atoms with Crippen LogP contribution in [0.3, 0.4) is 0 Å². The largest absolute Gasteiger partial charge is 0.491 e. The van der Waals surface area contributed by atoms with E-state index in [9.17, 15) is 4.79 Å². The highest BCUT2D eigenvalue weighted by Crippen LogP contribution is 2.22. The van der Waals surface area contributed by atoms with Crippen molar-refractivity contribution in [1.29, 1.82) is 0 Å². The molecule has 2 aliphatic heterocycles. The van der Waals surface area contributed by atoms with Crippen LogP contribution >= 0.6 is 23.2 Å². The minimum absolute atomic E-state index is 0.0827. The number of nitrogens with zero attached hydrogens (tertiary/aromatic N) is 4. The molecule has 2 unspecified atom stereocenters. The zero-order valence-corrected chi connectivity index (χ0v) is 25.0. The van der Waals surface area contributed by atoms with Crippen LogP contribution in [0.15, 0.2) is 67.3 Å². The van der Waals surface area contributed by atoms with Crippen LogP contribution in [-0.2, 0) is 30.3 Å². The van der Waals surface area contributed by atoms with E-state index in [1.807, 2.05) is 35.9 Å². The number of nitrogens with two attached hydrogens (primary N) is 1. The molecule has 0 bridgehead atoms. The van der Waals surface area contributed by atoms with Crippen LogP contribution < -0.4 is 15.4 Å². The Hall–Kier alpha value is -3.35. The van der Waals surface area contributed by atoms with E-state index < -0.39 is 0 Å². The van der Waals surface area contributed by atoms with Crippen molar-refractivity contribution < 1.29 is 28.5 Å². The fraction of sp³-hybridized carbons (Fsp3) is 0.414. The summed E-state index contributed by atoms with van der Waals surface area (Å²) in [5, 5.41) is 1.36. The van der Waals surface area contributed by atoms with Crippen LogP contribution in [0.2, 0.25) is 10.0 Å². The lowest BCUT2D eigenvalue weighted by atomic mass is 10.2. The zero-order valence-electron chi connectivity index (χ0n) is 23.5. The third-order valence-electron chi connectivity index (χ3n) is 6.19. The Morgan fingerprint density at radius 2 is 1.81 bits per heavy atom. The van der Waals surface area contributed by atoms with Crippen molar-refractivity contribution in [1.82, 2.24) is 14.5 Å². The molecule has 2 aliphatic rings. The van der Waals surface area contributed by atoms with Gasteiger partial charge in [-0.15, -0.1) is 0 Å². The average Bonchev–Trinajstić information content (AvgIpc) is 3.66. The van der Waals surface area contributed by atoms with Crippen molar-refractivity contribution in [3.8, 4) is 5.75 Å². The summed E-state index contributed by atoms with van der Waals surface area (Å²) in [6.07, 6.45) is 5.27. The fourth-order valence-electron chi connectivity index (χ4n) is 4.21. The smallest absolute Gasteiger partial charge is 0.320 e. The molecule has 0 saturated carbocycles. The number of piperazine rings is 1. The van der Waals surface area contributed by atoms with E-state index in [0.717, 1.165) is 37.6 Å². The van der Waals surface area contributed by atoms with Crippen molar-refractivity contribution in [2.24, 2.45) is 5.73 Å². The van der Waals surface area contributed by atoms with Crippen molar-refractivity contribution >= 4 is 41.3 Å². The van der Waals surface area contributed by atoms with Crippen LogP contribution in [0.25, 0.3) is 0 Å². The molecule has 3 aromatic rings. The lowest BCUT2D eigenvalue weighted by Crippen LogP contribution is -2.48. The molecule has 228 valence electrons. The number of anilines is 1. The minimum atomic E-state index is -0.271. The Labute approximate surface area is 256 Å². The number of imidazole rings is 1. The first-order valence-electron chi connectivity index (χ1n) is 13.5. The van der Waals surface area contributed by atoms with Crippen LogP contribution in [0.1, 0.15) is 6.92 Å². The van der Waals surface area contributed by atoms with E-state index in [-0.39, 0.29) is 24.8 Å². The SMILES string of the molecule is CCOC(=O)CN1CCN(c2ccc(OCC3COC(Cn4ccnc4)O3)cc2)CC1.Clc1cccc(Cl)c1.NC=O. The van der Waals surface area contributed by atoms with Crippen molar-refractivity contribution in [2.75, 3.05) is 57.4 Å². The van der Waals surface area contributed by atoms with Gasteiger partial charge in [0.1, 0.15) is 18.5 Å². The summed E-state index contributed by atoms with van der Waals surface area (Å²) in [6.45, 7) is 7.67. The topological polar surface area (TPSA) is 121 Å². The molecule has 1 aromatic heterocycles. The number of halogens is 2. The quantitative estimate of drug-likeness (QED) is 0.283. The molecule has 13 heteroatoms. The normalized spacial score (nSPS) is 18.2. The molecule has 1 amide bonds.